The van der Waals surface area contributed by atoms with Crippen LogP contribution in [0, 0.1) is 0 Å². The maximum absolute atomic E-state index is 12.0. The molecule has 0 fully saturated rings. The zero-order valence-electron chi connectivity index (χ0n) is 10.5. The van der Waals surface area contributed by atoms with Gasteiger partial charge in [-0.3, -0.25) is 4.79 Å². The van der Waals surface area contributed by atoms with Crippen molar-refractivity contribution in [1.82, 2.24) is 4.90 Å². The lowest BCUT2D eigenvalue weighted by Gasteiger charge is -2.33. The molecule has 0 aromatic rings. The number of ether oxygens (including phenoxy) is 1. The van der Waals surface area contributed by atoms with Gasteiger partial charge < -0.3 is 15.4 Å². The predicted molar refractivity (Wildman–Crippen MR) is 61.6 cm³/mol. The lowest BCUT2D eigenvalue weighted by molar-refractivity contribution is -0.138. The van der Waals surface area contributed by atoms with Crippen molar-refractivity contribution in [3.8, 4) is 0 Å². The molecule has 2 N–H and O–H groups in total. The Balaban J connectivity index is 4.55. The van der Waals surface area contributed by atoms with Crippen LogP contribution in [0.25, 0.3) is 0 Å². The van der Waals surface area contributed by atoms with Crippen LogP contribution in [0.5, 0.6) is 0 Å². The van der Waals surface area contributed by atoms with Crippen molar-refractivity contribution in [1.29, 1.82) is 0 Å². The van der Waals surface area contributed by atoms with Crippen LogP contribution in [0.15, 0.2) is 0 Å². The number of nitrogens with zero attached hydrogens (tertiary/aromatic N) is 1. The van der Waals surface area contributed by atoms with Crippen LogP contribution in [0.3, 0.4) is 0 Å². The molecule has 0 bridgehead atoms. The third kappa shape index (κ3) is 4.62. The van der Waals surface area contributed by atoms with Crippen molar-refractivity contribution in [3.05, 3.63) is 0 Å². The number of amides is 1. The second-order valence-electron chi connectivity index (χ2n) is 4.47. The quantitative estimate of drug-likeness (QED) is 0.720. The number of hydrogen-bond acceptors (Lipinski definition) is 3. The van der Waals surface area contributed by atoms with Gasteiger partial charge in [0, 0.05) is 19.7 Å². The third-order valence-corrected chi connectivity index (χ3v) is 2.47. The molecule has 0 radical (unpaired) electrons. The lowest BCUT2D eigenvalue weighted by atomic mass is 10.0. The second kappa shape index (κ2) is 6.08. The Morgan fingerprint density at radius 2 is 2.07 bits per heavy atom. The fourth-order valence-corrected chi connectivity index (χ4v) is 1.30. The van der Waals surface area contributed by atoms with E-state index in [2.05, 4.69) is 6.92 Å². The fraction of sp³-hybridized carbons (Fsp3) is 0.909. The molecule has 4 heteroatoms. The summed E-state index contributed by atoms with van der Waals surface area (Å²) < 4.78 is 5.00. The van der Waals surface area contributed by atoms with Gasteiger partial charge in [-0.2, -0.15) is 0 Å². The standard InChI is InChI=1S/C11H24N2O2/c1-6-9(2)13(7-8-15-5)10(14)11(3,4)12/h9H,6-8,12H2,1-5H3. The maximum atomic E-state index is 12.0. The van der Waals surface area contributed by atoms with Gasteiger partial charge in [-0.25, -0.2) is 0 Å². The van der Waals surface area contributed by atoms with Crippen LogP contribution >= 0.6 is 0 Å². The number of carbonyl (C=O) groups excluding carboxylic acids is 1. The van der Waals surface area contributed by atoms with E-state index < -0.39 is 5.54 Å². The first kappa shape index (κ1) is 14.4. The minimum absolute atomic E-state index is 0.0195. The summed E-state index contributed by atoms with van der Waals surface area (Å²) >= 11 is 0. The predicted octanol–water partition coefficient (Wildman–Crippen LogP) is 0.997. The van der Waals surface area contributed by atoms with Crippen LogP contribution in [0.2, 0.25) is 0 Å². The van der Waals surface area contributed by atoms with E-state index in [1.165, 1.54) is 0 Å². The molecule has 0 aromatic carbocycles. The van der Waals surface area contributed by atoms with Gasteiger partial charge in [0.1, 0.15) is 0 Å². The Labute approximate surface area is 92.8 Å². The molecular formula is C11H24N2O2. The Bertz CT molecular complexity index is 199. The van der Waals surface area contributed by atoms with Gasteiger partial charge >= 0.3 is 0 Å². The molecule has 0 aliphatic carbocycles. The Hall–Kier alpha value is -0.610. The van der Waals surface area contributed by atoms with Gasteiger partial charge in [-0.1, -0.05) is 6.92 Å². The second-order valence-corrected chi connectivity index (χ2v) is 4.47. The molecule has 0 aromatic heterocycles. The van der Waals surface area contributed by atoms with Gasteiger partial charge in [0.05, 0.1) is 12.1 Å². The summed E-state index contributed by atoms with van der Waals surface area (Å²) in [5.74, 6) is -0.0195. The lowest BCUT2D eigenvalue weighted by Crippen LogP contribution is -2.54. The van der Waals surface area contributed by atoms with E-state index in [-0.39, 0.29) is 11.9 Å². The SMILES string of the molecule is CCC(C)N(CCOC)C(=O)C(C)(C)N. The molecule has 0 saturated heterocycles. The zero-order valence-corrected chi connectivity index (χ0v) is 10.5. The van der Waals surface area contributed by atoms with E-state index in [4.69, 9.17) is 10.5 Å². The van der Waals surface area contributed by atoms with Crippen LogP contribution in [0.1, 0.15) is 34.1 Å². The van der Waals surface area contributed by atoms with E-state index in [1.807, 2.05) is 6.92 Å². The molecule has 0 rings (SSSR count). The molecule has 0 spiro atoms. The van der Waals surface area contributed by atoms with Crippen LogP contribution in [-0.4, -0.2) is 42.6 Å². The minimum Gasteiger partial charge on any atom is -0.383 e. The van der Waals surface area contributed by atoms with Gasteiger partial charge in [0.15, 0.2) is 0 Å². The average Bonchev–Trinajstić information content (AvgIpc) is 2.16. The summed E-state index contributed by atoms with van der Waals surface area (Å²) in [6, 6.07) is 0.204. The smallest absolute Gasteiger partial charge is 0.242 e. The number of nitrogens with two attached hydrogens (primary N) is 1. The van der Waals surface area contributed by atoms with E-state index in [0.717, 1.165) is 6.42 Å². The normalized spacial score (nSPS) is 13.7. The van der Waals surface area contributed by atoms with E-state index in [1.54, 1.807) is 25.9 Å². The summed E-state index contributed by atoms with van der Waals surface area (Å²) in [5.41, 5.74) is 5.00. The monoisotopic (exact) mass is 216 g/mol. The van der Waals surface area contributed by atoms with Gasteiger partial charge in [0.2, 0.25) is 5.91 Å². The molecule has 4 nitrogen and oxygen atoms in total. The Morgan fingerprint density at radius 3 is 2.40 bits per heavy atom. The van der Waals surface area contributed by atoms with Crippen molar-refractivity contribution in [3.63, 3.8) is 0 Å². The molecule has 0 aliphatic heterocycles. The number of carbonyl (C=O) groups is 1. The van der Waals surface area contributed by atoms with E-state index in [0.29, 0.717) is 13.2 Å². The molecule has 90 valence electrons. The molecule has 1 amide bonds. The van der Waals surface area contributed by atoms with Gasteiger partial charge in [0.25, 0.3) is 0 Å². The van der Waals surface area contributed by atoms with E-state index in [9.17, 15) is 4.79 Å². The molecule has 1 atom stereocenters. The van der Waals surface area contributed by atoms with Crippen molar-refractivity contribution < 1.29 is 9.53 Å². The molecule has 0 saturated carbocycles. The highest BCUT2D eigenvalue weighted by atomic mass is 16.5. The highest BCUT2D eigenvalue weighted by molar-refractivity contribution is 5.85. The van der Waals surface area contributed by atoms with Crippen LogP contribution in [0.4, 0.5) is 0 Å². The van der Waals surface area contributed by atoms with Crippen LogP contribution < -0.4 is 5.73 Å². The van der Waals surface area contributed by atoms with Gasteiger partial charge in [-0.15, -0.1) is 0 Å². The number of methoxy groups -OCH3 is 1. The first-order chi connectivity index (χ1) is 6.84. The Kier molecular flexibility index (Phi) is 5.83. The maximum Gasteiger partial charge on any atom is 0.242 e. The van der Waals surface area contributed by atoms with Crippen molar-refractivity contribution in [2.75, 3.05) is 20.3 Å². The highest BCUT2D eigenvalue weighted by Crippen LogP contribution is 2.10. The number of hydrogen-bond donors (Lipinski definition) is 1. The summed E-state index contributed by atoms with van der Waals surface area (Å²) in [6.07, 6.45) is 0.922. The van der Waals surface area contributed by atoms with E-state index >= 15 is 0 Å². The molecule has 0 heterocycles. The minimum atomic E-state index is -0.808. The topological polar surface area (TPSA) is 55.6 Å². The fourth-order valence-electron chi connectivity index (χ4n) is 1.30. The van der Waals surface area contributed by atoms with Gasteiger partial charge in [-0.05, 0) is 27.2 Å². The van der Waals surface area contributed by atoms with Crippen molar-refractivity contribution in [2.45, 2.75) is 45.7 Å². The average molecular weight is 216 g/mol. The largest absolute Gasteiger partial charge is 0.383 e. The Morgan fingerprint density at radius 1 is 1.53 bits per heavy atom. The highest BCUT2D eigenvalue weighted by Gasteiger charge is 2.29. The summed E-state index contributed by atoms with van der Waals surface area (Å²) in [7, 11) is 1.63. The zero-order chi connectivity index (χ0) is 12.1. The molecular weight excluding hydrogens is 192 g/mol. The number of rotatable bonds is 6. The molecule has 15 heavy (non-hydrogen) atoms. The first-order valence-electron chi connectivity index (χ1n) is 5.43. The molecule has 0 aliphatic rings. The van der Waals surface area contributed by atoms with Crippen LogP contribution in [-0.2, 0) is 9.53 Å². The first-order valence-corrected chi connectivity index (χ1v) is 5.43. The summed E-state index contributed by atoms with van der Waals surface area (Å²) in [5, 5.41) is 0. The molecule has 1 unspecified atom stereocenters. The third-order valence-electron chi connectivity index (χ3n) is 2.47. The van der Waals surface area contributed by atoms with Crippen molar-refractivity contribution >= 4 is 5.91 Å². The summed E-state index contributed by atoms with van der Waals surface area (Å²) in [6.45, 7) is 8.70. The summed E-state index contributed by atoms with van der Waals surface area (Å²) in [4.78, 5) is 13.8. The van der Waals surface area contributed by atoms with Crippen molar-refractivity contribution in [2.24, 2.45) is 5.73 Å².